The van der Waals surface area contributed by atoms with Crippen molar-refractivity contribution >= 4 is 0 Å². The summed E-state index contributed by atoms with van der Waals surface area (Å²) in [6, 6.07) is 0. The standard InChI is InChI=1S/C25H41NO2/c1-14-9-10-25(26-13-14)15(2)24-21-8-7-19-18-6-4-17(27)11-16(18)3-5-20(19)22(21)12-23(24)28-25/h14-24,26-27H,3-13H2,1-2H3/t14?,15?,16?,17-,18?,19-,20?,21?,22?,23?,24?,25?/m0/s1. The van der Waals surface area contributed by atoms with Crippen LogP contribution in [0.3, 0.4) is 0 Å². The topological polar surface area (TPSA) is 41.5 Å². The molecule has 158 valence electrons. The van der Waals surface area contributed by atoms with Crippen molar-refractivity contribution in [3.05, 3.63) is 0 Å². The maximum atomic E-state index is 10.1. The van der Waals surface area contributed by atoms with E-state index in [9.17, 15) is 5.11 Å². The second kappa shape index (κ2) is 6.69. The predicted molar refractivity (Wildman–Crippen MR) is 111 cm³/mol. The maximum absolute atomic E-state index is 10.1. The number of aliphatic hydroxyl groups excluding tert-OH is 1. The van der Waals surface area contributed by atoms with Crippen LogP contribution < -0.4 is 5.32 Å². The molecule has 3 heteroatoms. The van der Waals surface area contributed by atoms with Gasteiger partial charge in [-0.2, -0.15) is 0 Å². The van der Waals surface area contributed by atoms with Crippen molar-refractivity contribution < 1.29 is 9.84 Å². The highest BCUT2D eigenvalue weighted by Gasteiger charge is 2.63. The fraction of sp³-hybridized carbons (Fsp3) is 1.00. The molecule has 2 saturated heterocycles. The van der Waals surface area contributed by atoms with Gasteiger partial charge in [0.15, 0.2) is 0 Å². The van der Waals surface area contributed by atoms with Gasteiger partial charge in [-0.3, -0.25) is 5.32 Å². The number of hydrogen-bond donors (Lipinski definition) is 2. The van der Waals surface area contributed by atoms with Crippen LogP contribution in [-0.2, 0) is 4.74 Å². The van der Waals surface area contributed by atoms with Crippen molar-refractivity contribution in [2.24, 2.45) is 53.3 Å². The summed E-state index contributed by atoms with van der Waals surface area (Å²) in [5.41, 5.74) is 0.000824. The van der Waals surface area contributed by atoms with Gasteiger partial charge < -0.3 is 9.84 Å². The van der Waals surface area contributed by atoms with Crippen LogP contribution in [0.1, 0.15) is 78.1 Å². The molecule has 12 atom stereocenters. The normalized spacial score (nSPS) is 60.8. The first-order valence-electron chi connectivity index (χ1n) is 12.7. The lowest BCUT2D eigenvalue weighted by Gasteiger charge is -2.53. The van der Waals surface area contributed by atoms with Crippen LogP contribution in [0.5, 0.6) is 0 Å². The summed E-state index contributed by atoms with van der Waals surface area (Å²) in [4.78, 5) is 0. The first-order valence-corrected chi connectivity index (χ1v) is 12.7. The molecule has 0 aromatic heterocycles. The highest BCUT2D eigenvalue weighted by atomic mass is 16.5. The van der Waals surface area contributed by atoms with Crippen LogP contribution >= 0.6 is 0 Å². The number of piperidine rings is 1. The second-order valence-corrected chi connectivity index (χ2v) is 11.9. The molecule has 0 bridgehead atoms. The van der Waals surface area contributed by atoms with E-state index in [4.69, 9.17) is 4.74 Å². The van der Waals surface area contributed by atoms with Gasteiger partial charge in [-0.15, -0.1) is 0 Å². The fourth-order valence-electron chi connectivity index (χ4n) is 9.50. The van der Waals surface area contributed by atoms with E-state index in [0.29, 0.717) is 12.0 Å². The second-order valence-electron chi connectivity index (χ2n) is 11.9. The molecule has 2 heterocycles. The third kappa shape index (κ3) is 2.64. The van der Waals surface area contributed by atoms with Gasteiger partial charge in [-0.25, -0.2) is 0 Å². The Bertz CT molecular complexity index is 599. The molecule has 0 aromatic rings. The van der Waals surface area contributed by atoms with Gasteiger partial charge in [0.2, 0.25) is 0 Å². The number of nitrogens with one attached hydrogen (secondary N) is 1. The lowest BCUT2D eigenvalue weighted by atomic mass is 9.53. The molecule has 28 heavy (non-hydrogen) atoms. The number of rotatable bonds is 0. The average Bonchev–Trinajstić information content (AvgIpc) is 3.18. The van der Waals surface area contributed by atoms with E-state index in [2.05, 4.69) is 19.2 Å². The average molecular weight is 388 g/mol. The summed E-state index contributed by atoms with van der Waals surface area (Å²) in [5, 5.41) is 14.0. The minimum absolute atomic E-state index is 0.000824. The molecule has 10 unspecified atom stereocenters. The summed E-state index contributed by atoms with van der Waals surface area (Å²) >= 11 is 0. The summed E-state index contributed by atoms with van der Waals surface area (Å²) < 4.78 is 6.92. The van der Waals surface area contributed by atoms with Crippen LogP contribution in [0.4, 0.5) is 0 Å². The van der Waals surface area contributed by atoms with Crippen molar-refractivity contribution in [2.75, 3.05) is 6.54 Å². The Morgan fingerprint density at radius 1 is 0.821 bits per heavy atom. The number of fused-ring (bicyclic) bond motifs is 7. The zero-order valence-corrected chi connectivity index (χ0v) is 18.0. The van der Waals surface area contributed by atoms with E-state index in [1.54, 1.807) is 0 Å². The lowest BCUT2D eigenvalue weighted by Crippen LogP contribution is -2.55. The minimum Gasteiger partial charge on any atom is -0.393 e. The van der Waals surface area contributed by atoms with Gasteiger partial charge in [0.1, 0.15) is 5.72 Å². The predicted octanol–water partition coefficient (Wildman–Crippen LogP) is 4.59. The van der Waals surface area contributed by atoms with E-state index in [1.807, 2.05) is 0 Å². The molecule has 1 spiro atoms. The van der Waals surface area contributed by atoms with Gasteiger partial charge in [0.25, 0.3) is 0 Å². The highest BCUT2D eigenvalue weighted by Crippen LogP contribution is 2.63. The van der Waals surface area contributed by atoms with Crippen molar-refractivity contribution in [1.82, 2.24) is 5.32 Å². The SMILES string of the molecule is CC1CCC2(NC1)OC1CC3C(CC[C@H]4C5CC[C@H](O)CC5CCC34)C1C2C. The molecule has 4 aliphatic carbocycles. The Labute approximate surface area is 171 Å². The fourth-order valence-corrected chi connectivity index (χ4v) is 9.50. The van der Waals surface area contributed by atoms with E-state index in [1.165, 1.54) is 51.4 Å². The zero-order chi connectivity index (χ0) is 19.0. The van der Waals surface area contributed by atoms with E-state index >= 15 is 0 Å². The molecule has 6 rings (SSSR count). The first-order chi connectivity index (χ1) is 13.6. The molecule has 0 aromatic carbocycles. The molecule has 0 amide bonds. The Balaban J connectivity index is 1.19. The number of hydrogen-bond acceptors (Lipinski definition) is 3. The van der Waals surface area contributed by atoms with Crippen LogP contribution in [0, 0.1) is 53.3 Å². The molecule has 2 aliphatic heterocycles. The van der Waals surface area contributed by atoms with Crippen LogP contribution in [0.25, 0.3) is 0 Å². The zero-order valence-electron chi connectivity index (χ0n) is 18.0. The molecular formula is C25H41NO2. The van der Waals surface area contributed by atoms with Gasteiger partial charge in [0.05, 0.1) is 12.2 Å². The van der Waals surface area contributed by atoms with E-state index < -0.39 is 0 Å². The van der Waals surface area contributed by atoms with E-state index in [-0.39, 0.29) is 11.8 Å². The van der Waals surface area contributed by atoms with Gasteiger partial charge in [-0.1, -0.05) is 13.8 Å². The van der Waals surface area contributed by atoms with Crippen molar-refractivity contribution in [2.45, 2.75) is 96.0 Å². The minimum atomic E-state index is -0.00359. The Hall–Kier alpha value is -0.120. The van der Waals surface area contributed by atoms with Crippen molar-refractivity contribution in [3.8, 4) is 0 Å². The molecule has 6 fully saturated rings. The molecule has 2 N–H and O–H groups in total. The Morgan fingerprint density at radius 3 is 2.39 bits per heavy atom. The van der Waals surface area contributed by atoms with Crippen molar-refractivity contribution in [1.29, 1.82) is 0 Å². The quantitative estimate of drug-likeness (QED) is 0.639. The van der Waals surface area contributed by atoms with Crippen LogP contribution in [-0.4, -0.2) is 29.6 Å². The van der Waals surface area contributed by atoms with Crippen molar-refractivity contribution in [3.63, 3.8) is 0 Å². The Morgan fingerprint density at radius 2 is 1.57 bits per heavy atom. The molecular weight excluding hydrogens is 346 g/mol. The molecule has 4 saturated carbocycles. The number of aliphatic hydroxyl groups is 1. The lowest BCUT2D eigenvalue weighted by molar-refractivity contribution is -0.112. The summed E-state index contributed by atoms with van der Waals surface area (Å²) in [7, 11) is 0. The third-order valence-electron chi connectivity index (χ3n) is 10.8. The van der Waals surface area contributed by atoms with Gasteiger partial charge >= 0.3 is 0 Å². The largest absolute Gasteiger partial charge is 0.393 e. The maximum Gasteiger partial charge on any atom is 0.122 e. The summed E-state index contributed by atoms with van der Waals surface area (Å²) in [5.74, 6) is 7.82. The Kier molecular flexibility index (Phi) is 4.45. The van der Waals surface area contributed by atoms with E-state index in [0.717, 1.165) is 66.7 Å². The van der Waals surface area contributed by atoms with Gasteiger partial charge in [0, 0.05) is 12.5 Å². The summed E-state index contributed by atoms with van der Waals surface area (Å²) in [6.07, 6.45) is 13.6. The highest BCUT2D eigenvalue weighted by molar-refractivity contribution is 5.10. The first kappa shape index (κ1) is 18.6. The summed E-state index contributed by atoms with van der Waals surface area (Å²) in [6.45, 7) is 6.03. The van der Waals surface area contributed by atoms with Crippen LogP contribution in [0.15, 0.2) is 0 Å². The molecule has 6 aliphatic rings. The van der Waals surface area contributed by atoms with Crippen LogP contribution in [0.2, 0.25) is 0 Å². The monoisotopic (exact) mass is 387 g/mol. The molecule has 3 nitrogen and oxygen atoms in total. The smallest absolute Gasteiger partial charge is 0.122 e. The molecule has 0 radical (unpaired) electrons. The number of ether oxygens (including phenoxy) is 1. The van der Waals surface area contributed by atoms with Gasteiger partial charge in [-0.05, 0) is 112 Å². The third-order valence-corrected chi connectivity index (χ3v) is 10.8.